The van der Waals surface area contributed by atoms with E-state index in [2.05, 4.69) is 10.8 Å². The Labute approximate surface area is 166 Å². The first-order valence-corrected chi connectivity index (χ1v) is 10.4. The normalized spacial score (nSPS) is 11.2. The Morgan fingerprint density at radius 2 is 1.39 bits per heavy atom. The Morgan fingerprint density at radius 3 is 2.04 bits per heavy atom. The second-order valence-electron chi connectivity index (χ2n) is 6.46. The van der Waals surface area contributed by atoms with Crippen LogP contribution in [0.4, 0.5) is 0 Å². The maximum absolute atomic E-state index is 12.4. The van der Waals surface area contributed by atoms with Gasteiger partial charge in [-0.3, -0.25) is 0 Å². The maximum atomic E-state index is 12.4. The molecule has 0 atom stereocenters. The van der Waals surface area contributed by atoms with Crippen molar-refractivity contribution in [2.75, 3.05) is 13.2 Å². The molecule has 3 aromatic rings. The summed E-state index contributed by atoms with van der Waals surface area (Å²) in [6, 6.07) is 21.5. The molecule has 0 aliphatic rings. The van der Waals surface area contributed by atoms with Gasteiger partial charge in [-0.2, -0.15) is 0 Å². The lowest BCUT2D eigenvalue weighted by Gasteiger charge is -2.10. The van der Waals surface area contributed by atoms with Gasteiger partial charge in [-0.15, -0.1) is 0 Å². The van der Waals surface area contributed by atoms with Crippen molar-refractivity contribution in [2.24, 2.45) is 0 Å². The number of hydrogen-bond donors (Lipinski definition) is 1. The minimum Gasteiger partial charge on any atom is -0.492 e. The molecule has 6 heteroatoms. The first-order valence-electron chi connectivity index (χ1n) is 8.96. The van der Waals surface area contributed by atoms with Crippen LogP contribution in [0.2, 0.25) is 0 Å². The van der Waals surface area contributed by atoms with Crippen molar-refractivity contribution >= 4 is 10.0 Å². The predicted molar refractivity (Wildman–Crippen MR) is 110 cm³/mol. The van der Waals surface area contributed by atoms with Crippen molar-refractivity contribution in [3.8, 4) is 17.2 Å². The standard InChI is InChI=1S/C22H23NO4S/c1-17-14-18(2)16-21(15-17)26-13-12-23-28(24,25)22-10-8-20(9-11-22)27-19-6-4-3-5-7-19/h3-11,14-16,23H,12-13H2,1-2H3. The fourth-order valence-electron chi connectivity index (χ4n) is 2.76. The molecule has 3 rings (SSSR count). The van der Waals surface area contributed by atoms with Gasteiger partial charge in [-0.1, -0.05) is 24.3 Å². The molecule has 0 amide bonds. The minimum atomic E-state index is -3.61. The number of nitrogens with one attached hydrogen (secondary N) is 1. The predicted octanol–water partition coefficient (Wildman–Crippen LogP) is 4.45. The van der Waals surface area contributed by atoms with Crippen molar-refractivity contribution in [3.63, 3.8) is 0 Å². The molecule has 28 heavy (non-hydrogen) atoms. The Bertz CT molecular complexity index is 996. The summed E-state index contributed by atoms with van der Waals surface area (Å²) in [6.07, 6.45) is 0. The van der Waals surface area contributed by atoms with Crippen LogP contribution in [0.25, 0.3) is 0 Å². The summed E-state index contributed by atoms with van der Waals surface area (Å²) in [5, 5.41) is 0. The molecular formula is C22H23NO4S. The van der Waals surface area contributed by atoms with Crippen LogP contribution < -0.4 is 14.2 Å². The van der Waals surface area contributed by atoms with Gasteiger partial charge in [-0.05, 0) is 73.5 Å². The number of sulfonamides is 1. The molecule has 0 saturated carbocycles. The maximum Gasteiger partial charge on any atom is 0.240 e. The summed E-state index contributed by atoms with van der Waals surface area (Å²) in [4.78, 5) is 0.180. The van der Waals surface area contributed by atoms with Crippen LogP contribution in [0.15, 0.2) is 77.7 Å². The van der Waals surface area contributed by atoms with Crippen molar-refractivity contribution in [3.05, 3.63) is 83.9 Å². The zero-order chi connectivity index (χ0) is 20.0. The second-order valence-corrected chi connectivity index (χ2v) is 8.22. The monoisotopic (exact) mass is 397 g/mol. The molecule has 0 saturated heterocycles. The average Bonchev–Trinajstić information content (AvgIpc) is 2.66. The van der Waals surface area contributed by atoms with Gasteiger partial charge >= 0.3 is 0 Å². The van der Waals surface area contributed by atoms with Crippen molar-refractivity contribution in [1.82, 2.24) is 4.72 Å². The molecule has 0 aliphatic heterocycles. The fraction of sp³-hybridized carbons (Fsp3) is 0.182. The smallest absolute Gasteiger partial charge is 0.240 e. The fourth-order valence-corrected chi connectivity index (χ4v) is 3.77. The van der Waals surface area contributed by atoms with E-state index in [1.165, 1.54) is 12.1 Å². The molecule has 0 radical (unpaired) electrons. The van der Waals surface area contributed by atoms with Crippen LogP contribution in [0, 0.1) is 13.8 Å². The summed E-state index contributed by atoms with van der Waals surface area (Å²) in [6.45, 7) is 4.41. The highest BCUT2D eigenvalue weighted by atomic mass is 32.2. The third-order valence-electron chi connectivity index (χ3n) is 3.97. The van der Waals surface area contributed by atoms with E-state index in [1.807, 2.05) is 56.3 Å². The van der Waals surface area contributed by atoms with Gasteiger partial charge in [0, 0.05) is 6.54 Å². The van der Waals surface area contributed by atoms with Gasteiger partial charge < -0.3 is 9.47 Å². The Balaban J connectivity index is 1.54. The van der Waals surface area contributed by atoms with Gasteiger partial charge in [0.05, 0.1) is 4.90 Å². The topological polar surface area (TPSA) is 64.6 Å². The summed E-state index contributed by atoms with van der Waals surface area (Å²) >= 11 is 0. The van der Waals surface area contributed by atoms with Gasteiger partial charge in [0.1, 0.15) is 23.9 Å². The molecule has 0 heterocycles. The number of hydrogen-bond acceptors (Lipinski definition) is 4. The number of para-hydroxylation sites is 1. The van der Waals surface area contributed by atoms with Crippen LogP contribution in [0.1, 0.15) is 11.1 Å². The van der Waals surface area contributed by atoms with E-state index in [9.17, 15) is 8.42 Å². The van der Waals surface area contributed by atoms with Gasteiger partial charge in [0.2, 0.25) is 10.0 Å². The van der Waals surface area contributed by atoms with Gasteiger partial charge in [0.15, 0.2) is 0 Å². The zero-order valence-corrected chi connectivity index (χ0v) is 16.7. The van der Waals surface area contributed by atoms with Gasteiger partial charge in [-0.25, -0.2) is 13.1 Å². The highest BCUT2D eigenvalue weighted by molar-refractivity contribution is 7.89. The summed E-state index contributed by atoms with van der Waals surface area (Å²) in [5.41, 5.74) is 2.21. The molecule has 0 aliphatic carbocycles. The van der Waals surface area contributed by atoms with Crippen LogP contribution >= 0.6 is 0 Å². The highest BCUT2D eigenvalue weighted by Crippen LogP contribution is 2.22. The highest BCUT2D eigenvalue weighted by Gasteiger charge is 2.13. The zero-order valence-electron chi connectivity index (χ0n) is 15.9. The van der Waals surface area contributed by atoms with Crippen molar-refractivity contribution in [2.45, 2.75) is 18.7 Å². The van der Waals surface area contributed by atoms with Crippen molar-refractivity contribution in [1.29, 1.82) is 0 Å². The Morgan fingerprint density at radius 1 is 0.786 bits per heavy atom. The van der Waals surface area contributed by atoms with Crippen LogP contribution in [0.5, 0.6) is 17.2 Å². The third-order valence-corrected chi connectivity index (χ3v) is 5.45. The molecule has 5 nitrogen and oxygen atoms in total. The molecular weight excluding hydrogens is 374 g/mol. The minimum absolute atomic E-state index is 0.178. The first kappa shape index (κ1) is 19.9. The number of benzene rings is 3. The molecule has 0 aromatic heterocycles. The lowest BCUT2D eigenvalue weighted by atomic mass is 10.1. The van der Waals surface area contributed by atoms with E-state index in [1.54, 1.807) is 12.1 Å². The summed E-state index contributed by atoms with van der Waals surface area (Å²) in [7, 11) is -3.61. The van der Waals surface area contributed by atoms with E-state index in [0.717, 1.165) is 16.9 Å². The molecule has 0 bridgehead atoms. The van der Waals surface area contributed by atoms with Crippen LogP contribution in [-0.4, -0.2) is 21.6 Å². The molecule has 0 spiro atoms. The number of ether oxygens (including phenoxy) is 2. The molecule has 0 fully saturated rings. The first-order chi connectivity index (χ1) is 13.4. The Kier molecular flexibility index (Phi) is 6.34. The van der Waals surface area contributed by atoms with E-state index in [-0.39, 0.29) is 18.0 Å². The SMILES string of the molecule is Cc1cc(C)cc(OCCNS(=O)(=O)c2ccc(Oc3ccccc3)cc2)c1. The lowest BCUT2D eigenvalue weighted by Crippen LogP contribution is -2.28. The van der Waals surface area contributed by atoms with E-state index < -0.39 is 10.0 Å². The molecule has 3 aromatic carbocycles. The largest absolute Gasteiger partial charge is 0.492 e. The quantitative estimate of drug-likeness (QED) is 0.570. The number of rotatable bonds is 8. The second kappa shape index (κ2) is 8.91. The van der Waals surface area contributed by atoms with Gasteiger partial charge in [0.25, 0.3) is 0 Å². The molecule has 146 valence electrons. The third kappa shape index (κ3) is 5.58. The molecule has 0 unspecified atom stereocenters. The Hall–Kier alpha value is -2.83. The van der Waals surface area contributed by atoms with Crippen LogP contribution in [-0.2, 0) is 10.0 Å². The molecule has 1 N–H and O–H groups in total. The van der Waals surface area contributed by atoms with E-state index >= 15 is 0 Å². The number of aryl methyl sites for hydroxylation is 2. The van der Waals surface area contributed by atoms with E-state index in [0.29, 0.717) is 11.5 Å². The van der Waals surface area contributed by atoms with Crippen molar-refractivity contribution < 1.29 is 17.9 Å². The van der Waals surface area contributed by atoms with Crippen LogP contribution in [0.3, 0.4) is 0 Å². The summed E-state index contributed by atoms with van der Waals surface area (Å²) < 4.78 is 38.7. The summed E-state index contributed by atoms with van der Waals surface area (Å²) in [5.74, 6) is 2.00. The lowest BCUT2D eigenvalue weighted by molar-refractivity contribution is 0.322. The van der Waals surface area contributed by atoms with E-state index in [4.69, 9.17) is 9.47 Å². The average molecular weight is 397 g/mol.